The molecule has 1 N–H and O–H groups in total. The summed E-state index contributed by atoms with van der Waals surface area (Å²) >= 11 is 0. The molecule has 0 aliphatic rings. The van der Waals surface area contributed by atoms with E-state index >= 15 is 0 Å². The fraction of sp³-hybridized carbons (Fsp3) is 0.700. The maximum absolute atomic E-state index is 11.5. The second-order valence-electron chi connectivity index (χ2n) is 3.93. The van der Waals surface area contributed by atoms with Crippen LogP contribution in [0.2, 0.25) is 0 Å². The number of hydrogen-bond donors (Lipinski definition) is 1. The van der Waals surface area contributed by atoms with E-state index in [0.717, 1.165) is 19.5 Å². The predicted octanol–water partition coefficient (Wildman–Crippen LogP) is -0.265. The molecular weight excluding hydrogens is 206 g/mol. The number of aromatic nitrogens is 3. The molecule has 0 aromatic carbocycles. The van der Waals surface area contributed by atoms with Crippen LogP contribution < -0.4 is 5.32 Å². The van der Waals surface area contributed by atoms with Crippen LogP contribution in [0.3, 0.4) is 0 Å². The van der Waals surface area contributed by atoms with Crippen LogP contribution in [0.25, 0.3) is 0 Å². The first-order valence-corrected chi connectivity index (χ1v) is 5.40. The van der Waals surface area contributed by atoms with Crippen LogP contribution in [-0.2, 0) is 11.3 Å². The van der Waals surface area contributed by atoms with E-state index in [4.69, 9.17) is 0 Å². The Bertz CT molecular complexity index is 309. The minimum Gasteiger partial charge on any atom is -0.347 e. The van der Waals surface area contributed by atoms with Crippen molar-refractivity contribution in [1.29, 1.82) is 0 Å². The lowest BCUT2D eigenvalue weighted by atomic mass is 10.3. The van der Waals surface area contributed by atoms with Crippen LogP contribution in [0.5, 0.6) is 0 Å². The third kappa shape index (κ3) is 3.98. The van der Waals surface area contributed by atoms with Crippen LogP contribution in [0.1, 0.15) is 13.3 Å². The molecule has 0 fully saturated rings. The molecule has 0 saturated carbocycles. The molecule has 90 valence electrons. The zero-order chi connectivity index (χ0) is 12.0. The molecule has 1 aromatic heterocycles. The Morgan fingerprint density at radius 1 is 1.56 bits per heavy atom. The van der Waals surface area contributed by atoms with Crippen molar-refractivity contribution in [2.24, 2.45) is 0 Å². The van der Waals surface area contributed by atoms with Crippen molar-refractivity contribution >= 4 is 5.91 Å². The van der Waals surface area contributed by atoms with Crippen LogP contribution in [0.4, 0.5) is 0 Å². The Morgan fingerprint density at radius 2 is 2.31 bits per heavy atom. The van der Waals surface area contributed by atoms with Gasteiger partial charge in [0.1, 0.15) is 0 Å². The summed E-state index contributed by atoms with van der Waals surface area (Å²) in [6.07, 6.45) is 4.41. The molecule has 0 radical (unpaired) electrons. The number of amides is 1. The molecule has 1 heterocycles. The van der Waals surface area contributed by atoms with Gasteiger partial charge in [-0.25, -0.2) is 0 Å². The molecule has 6 heteroatoms. The first-order valence-electron chi connectivity index (χ1n) is 5.40. The van der Waals surface area contributed by atoms with Gasteiger partial charge >= 0.3 is 0 Å². The monoisotopic (exact) mass is 225 g/mol. The van der Waals surface area contributed by atoms with E-state index < -0.39 is 0 Å². The van der Waals surface area contributed by atoms with E-state index in [0.29, 0.717) is 0 Å². The number of carbonyl (C=O) groups is 1. The lowest BCUT2D eigenvalue weighted by Gasteiger charge is -2.17. The van der Waals surface area contributed by atoms with Gasteiger partial charge in [-0.1, -0.05) is 5.21 Å². The minimum atomic E-state index is -0.134. The van der Waals surface area contributed by atoms with E-state index in [1.54, 1.807) is 29.9 Å². The van der Waals surface area contributed by atoms with E-state index in [1.165, 1.54) is 0 Å². The molecule has 0 aliphatic carbocycles. The topological polar surface area (TPSA) is 63.1 Å². The Hall–Kier alpha value is -1.43. The Balaban J connectivity index is 2.13. The molecule has 1 unspecified atom stereocenters. The number of hydrogen-bond acceptors (Lipinski definition) is 4. The summed E-state index contributed by atoms with van der Waals surface area (Å²) in [4.78, 5) is 13.1. The summed E-state index contributed by atoms with van der Waals surface area (Å²) in [6, 6.07) is -0.134. The first-order chi connectivity index (χ1) is 7.61. The van der Waals surface area contributed by atoms with E-state index in [9.17, 15) is 4.79 Å². The summed E-state index contributed by atoms with van der Waals surface area (Å²) in [5, 5.41) is 10.8. The second kappa shape index (κ2) is 6.22. The van der Waals surface area contributed by atoms with Gasteiger partial charge in [-0.2, -0.15) is 0 Å². The maximum atomic E-state index is 11.5. The quantitative estimate of drug-likeness (QED) is 0.677. The van der Waals surface area contributed by atoms with Gasteiger partial charge in [0.25, 0.3) is 0 Å². The largest absolute Gasteiger partial charge is 0.347 e. The standard InChI is InChI=1S/C10H19N5O/c1-9(10(16)14(2)3)11-5-4-7-15-8-6-12-13-15/h6,8-9,11H,4-5,7H2,1-3H3. The van der Waals surface area contributed by atoms with Crippen LogP contribution in [0.15, 0.2) is 12.4 Å². The van der Waals surface area contributed by atoms with Crippen LogP contribution in [0, 0.1) is 0 Å². The Labute approximate surface area is 95.6 Å². The summed E-state index contributed by atoms with van der Waals surface area (Å²) < 4.78 is 1.78. The van der Waals surface area contributed by atoms with Crippen molar-refractivity contribution in [1.82, 2.24) is 25.2 Å². The van der Waals surface area contributed by atoms with Crippen molar-refractivity contribution < 1.29 is 4.79 Å². The highest BCUT2D eigenvalue weighted by Crippen LogP contribution is 1.91. The third-order valence-corrected chi connectivity index (χ3v) is 2.30. The Morgan fingerprint density at radius 3 is 2.88 bits per heavy atom. The van der Waals surface area contributed by atoms with Gasteiger partial charge in [-0.3, -0.25) is 9.48 Å². The first kappa shape index (κ1) is 12.6. The molecule has 6 nitrogen and oxygen atoms in total. The van der Waals surface area contributed by atoms with Crippen molar-refractivity contribution in [3.05, 3.63) is 12.4 Å². The molecule has 1 amide bonds. The SMILES string of the molecule is CC(NCCCn1ccnn1)C(=O)N(C)C. The van der Waals surface area contributed by atoms with E-state index in [1.807, 2.05) is 13.1 Å². The lowest BCUT2D eigenvalue weighted by Crippen LogP contribution is -2.41. The van der Waals surface area contributed by atoms with E-state index in [-0.39, 0.29) is 11.9 Å². The molecule has 0 bridgehead atoms. The van der Waals surface area contributed by atoms with Gasteiger partial charge in [0.05, 0.1) is 12.2 Å². The van der Waals surface area contributed by atoms with Gasteiger partial charge in [-0.05, 0) is 19.9 Å². The molecule has 0 spiro atoms. The van der Waals surface area contributed by atoms with Gasteiger partial charge in [-0.15, -0.1) is 5.10 Å². The normalized spacial score (nSPS) is 12.4. The second-order valence-corrected chi connectivity index (χ2v) is 3.93. The highest BCUT2D eigenvalue weighted by Gasteiger charge is 2.12. The number of nitrogens with one attached hydrogen (secondary N) is 1. The molecular formula is C10H19N5O. The number of carbonyl (C=O) groups excluding carboxylic acids is 1. The van der Waals surface area contributed by atoms with Crippen molar-refractivity contribution in [3.63, 3.8) is 0 Å². The third-order valence-electron chi connectivity index (χ3n) is 2.30. The maximum Gasteiger partial charge on any atom is 0.238 e. The van der Waals surface area contributed by atoms with Crippen molar-refractivity contribution in [3.8, 4) is 0 Å². The summed E-state index contributed by atoms with van der Waals surface area (Å²) in [6.45, 7) is 3.48. The minimum absolute atomic E-state index is 0.0979. The molecule has 16 heavy (non-hydrogen) atoms. The molecule has 0 aliphatic heterocycles. The van der Waals surface area contributed by atoms with Crippen molar-refractivity contribution in [2.45, 2.75) is 25.9 Å². The van der Waals surface area contributed by atoms with Crippen LogP contribution in [-0.4, -0.2) is 52.5 Å². The fourth-order valence-electron chi connectivity index (χ4n) is 1.39. The highest BCUT2D eigenvalue weighted by molar-refractivity contribution is 5.80. The molecule has 1 atom stereocenters. The zero-order valence-corrected chi connectivity index (χ0v) is 10.1. The van der Waals surface area contributed by atoms with Gasteiger partial charge in [0, 0.05) is 26.8 Å². The number of likely N-dealkylation sites (N-methyl/N-ethyl adjacent to an activating group) is 1. The predicted molar refractivity (Wildman–Crippen MR) is 60.8 cm³/mol. The van der Waals surface area contributed by atoms with Crippen molar-refractivity contribution in [2.75, 3.05) is 20.6 Å². The number of nitrogens with zero attached hydrogens (tertiary/aromatic N) is 4. The zero-order valence-electron chi connectivity index (χ0n) is 10.1. The summed E-state index contributed by atoms with van der Waals surface area (Å²) in [5.41, 5.74) is 0. The van der Waals surface area contributed by atoms with Gasteiger partial charge < -0.3 is 10.2 Å². The molecule has 0 saturated heterocycles. The molecule has 1 rings (SSSR count). The number of aryl methyl sites for hydroxylation is 1. The lowest BCUT2D eigenvalue weighted by molar-refractivity contribution is -0.130. The van der Waals surface area contributed by atoms with Gasteiger partial charge in [0.15, 0.2) is 0 Å². The summed E-state index contributed by atoms with van der Waals surface area (Å²) in [7, 11) is 3.52. The average molecular weight is 225 g/mol. The van der Waals surface area contributed by atoms with Crippen LogP contribution >= 0.6 is 0 Å². The van der Waals surface area contributed by atoms with E-state index in [2.05, 4.69) is 15.6 Å². The fourth-order valence-corrected chi connectivity index (χ4v) is 1.39. The molecule has 1 aromatic rings. The van der Waals surface area contributed by atoms with Gasteiger partial charge in [0.2, 0.25) is 5.91 Å². The summed E-state index contributed by atoms with van der Waals surface area (Å²) in [5.74, 6) is 0.0979. The highest BCUT2D eigenvalue weighted by atomic mass is 16.2. The number of rotatable bonds is 6. The average Bonchev–Trinajstić information content (AvgIpc) is 2.75. The smallest absolute Gasteiger partial charge is 0.238 e. The Kier molecular flexibility index (Phi) is 4.91.